The largest absolute Gasteiger partial charge is 0.454 e. The summed E-state index contributed by atoms with van der Waals surface area (Å²) >= 11 is 3.07. The molecule has 0 aliphatic carbocycles. The molecule has 1 N–H and O–H groups in total. The van der Waals surface area contributed by atoms with E-state index < -0.39 is 17.7 Å². The quantitative estimate of drug-likeness (QED) is 0.836. The zero-order valence-electron chi connectivity index (χ0n) is 10.0. The molecule has 0 aliphatic heterocycles. The van der Waals surface area contributed by atoms with E-state index in [1.165, 1.54) is 6.07 Å². The van der Waals surface area contributed by atoms with Crippen molar-refractivity contribution < 1.29 is 18.6 Å². The predicted octanol–water partition coefficient (Wildman–Crippen LogP) is 4.57. The van der Waals surface area contributed by atoms with Crippen molar-refractivity contribution in [3.63, 3.8) is 0 Å². The van der Waals surface area contributed by atoms with Gasteiger partial charge in [-0.3, -0.25) is 0 Å². The zero-order chi connectivity index (χ0) is 14.0. The molecule has 0 unspecified atom stereocenters. The van der Waals surface area contributed by atoms with E-state index >= 15 is 0 Å². The van der Waals surface area contributed by atoms with Crippen LogP contribution in [0.5, 0.6) is 11.5 Å². The van der Waals surface area contributed by atoms with Crippen LogP contribution < -0.4 is 4.74 Å². The normalized spacial score (nSPS) is 12.3. The average Bonchev–Trinajstić information content (AvgIpc) is 2.35. The summed E-state index contributed by atoms with van der Waals surface area (Å²) in [7, 11) is 0. The molecule has 2 aromatic carbocycles. The van der Waals surface area contributed by atoms with Crippen molar-refractivity contribution in [1.29, 1.82) is 0 Å². The number of hydrogen-bond acceptors (Lipinski definition) is 2. The van der Waals surface area contributed by atoms with Gasteiger partial charge in [-0.25, -0.2) is 4.39 Å². The van der Waals surface area contributed by atoms with Gasteiger partial charge in [-0.2, -0.15) is 4.39 Å². The number of para-hydroxylation sites is 1. The maximum Gasteiger partial charge on any atom is 0.201 e. The maximum atomic E-state index is 13.6. The molecule has 0 heterocycles. The van der Waals surface area contributed by atoms with Crippen molar-refractivity contribution in [3.8, 4) is 11.5 Å². The molecule has 0 bridgehead atoms. The Morgan fingerprint density at radius 1 is 1.16 bits per heavy atom. The fraction of sp³-hybridized carbons (Fsp3) is 0.143. The maximum absolute atomic E-state index is 13.6. The molecule has 0 radical (unpaired) electrons. The molecule has 1 atom stereocenters. The van der Waals surface area contributed by atoms with Crippen LogP contribution in [-0.2, 0) is 0 Å². The van der Waals surface area contributed by atoms with E-state index in [4.69, 9.17) is 4.74 Å². The van der Waals surface area contributed by atoms with Crippen LogP contribution in [0.15, 0.2) is 40.9 Å². The first-order valence-corrected chi connectivity index (χ1v) is 6.37. The summed E-state index contributed by atoms with van der Waals surface area (Å²) in [6.45, 7) is 1.57. The Hall–Kier alpha value is -1.46. The van der Waals surface area contributed by atoms with Gasteiger partial charge in [-0.15, -0.1) is 0 Å². The molecule has 0 amide bonds. The van der Waals surface area contributed by atoms with E-state index in [2.05, 4.69) is 15.9 Å². The number of aliphatic hydroxyl groups excluding tert-OH is 1. The smallest absolute Gasteiger partial charge is 0.201 e. The molecule has 0 aliphatic rings. The first-order valence-electron chi connectivity index (χ1n) is 5.58. The second-order valence-electron chi connectivity index (χ2n) is 4.02. The molecule has 0 spiro atoms. The van der Waals surface area contributed by atoms with Gasteiger partial charge in [0.05, 0.1) is 6.10 Å². The summed E-state index contributed by atoms with van der Waals surface area (Å²) in [5.41, 5.74) is 0.502. The van der Waals surface area contributed by atoms with Crippen molar-refractivity contribution in [1.82, 2.24) is 0 Å². The van der Waals surface area contributed by atoms with Gasteiger partial charge in [0, 0.05) is 10.0 Å². The molecule has 0 fully saturated rings. The lowest BCUT2D eigenvalue weighted by Gasteiger charge is -2.13. The van der Waals surface area contributed by atoms with Gasteiger partial charge in [0.2, 0.25) is 5.82 Å². The van der Waals surface area contributed by atoms with Crippen LogP contribution in [0, 0.1) is 11.6 Å². The van der Waals surface area contributed by atoms with Gasteiger partial charge in [0.25, 0.3) is 0 Å². The van der Waals surface area contributed by atoms with E-state index in [0.717, 1.165) is 6.07 Å². The Morgan fingerprint density at radius 3 is 2.53 bits per heavy atom. The van der Waals surface area contributed by atoms with E-state index in [-0.39, 0.29) is 11.5 Å². The number of ether oxygens (including phenoxy) is 1. The van der Waals surface area contributed by atoms with Gasteiger partial charge in [-0.1, -0.05) is 34.1 Å². The van der Waals surface area contributed by atoms with Crippen LogP contribution >= 0.6 is 15.9 Å². The highest BCUT2D eigenvalue weighted by Crippen LogP contribution is 2.33. The second-order valence-corrected chi connectivity index (χ2v) is 4.93. The molecule has 0 saturated carbocycles. The average molecular weight is 329 g/mol. The third kappa shape index (κ3) is 3.11. The predicted molar refractivity (Wildman–Crippen MR) is 71.2 cm³/mol. The number of aliphatic hydroxyl groups is 1. The molecular weight excluding hydrogens is 318 g/mol. The zero-order valence-corrected chi connectivity index (χ0v) is 11.6. The second kappa shape index (κ2) is 5.67. The Bertz CT molecular complexity index is 600. The topological polar surface area (TPSA) is 29.5 Å². The highest BCUT2D eigenvalue weighted by atomic mass is 79.9. The van der Waals surface area contributed by atoms with E-state index in [1.54, 1.807) is 31.2 Å². The van der Waals surface area contributed by atoms with E-state index in [1.807, 2.05) is 0 Å². The summed E-state index contributed by atoms with van der Waals surface area (Å²) in [6, 6.07) is 9.01. The third-order valence-electron chi connectivity index (χ3n) is 2.55. The standard InChI is InChI=1S/C14H11BrF2O2/c1-8(18)10-4-2-3-5-12(10)19-13-7-9(15)6-11(16)14(13)17/h2-8,18H,1H3/t8-/m1/s1. The van der Waals surface area contributed by atoms with Crippen LogP contribution in [0.4, 0.5) is 8.78 Å². The number of benzene rings is 2. The van der Waals surface area contributed by atoms with Crippen molar-refractivity contribution in [2.45, 2.75) is 13.0 Å². The fourth-order valence-electron chi connectivity index (χ4n) is 1.64. The van der Waals surface area contributed by atoms with Gasteiger partial charge >= 0.3 is 0 Å². The molecule has 19 heavy (non-hydrogen) atoms. The number of hydrogen-bond donors (Lipinski definition) is 1. The molecule has 2 nitrogen and oxygen atoms in total. The van der Waals surface area contributed by atoms with Crippen molar-refractivity contribution in [2.75, 3.05) is 0 Å². The SMILES string of the molecule is C[C@@H](O)c1ccccc1Oc1cc(Br)cc(F)c1F. The minimum absolute atomic E-state index is 0.236. The van der Waals surface area contributed by atoms with Crippen molar-refractivity contribution in [2.24, 2.45) is 0 Å². The van der Waals surface area contributed by atoms with Crippen LogP contribution in [0.3, 0.4) is 0 Å². The Kier molecular flexibility index (Phi) is 4.17. The van der Waals surface area contributed by atoms with E-state index in [9.17, 15) is 13.9 Å². The third-order valence-corrected chi connectivity index (χ3v) is 3.01. The Balaban J connectivity index is 2.42. The van der Waals surface area contributed by atoms with Crippen LogP contribution in [-0.4, -0.2) is 5.11 Å². The lowest BCUT2D eigenvalue weighted by molar-refractivity contribution is 0.195. The van der Waals surface area contributed by atoms with Crippen LogP contribution in [0.25, 0.3) is 0 Å². The molecule has 0 saturated heterocycles. The highest BCUT2D eigenvalue weighted by molar-refractivity contribution is 9.10. The molecule has 2 aromatic rings. The summed E-state index contributed by atoms with van der Waals surface area (Å²) in [5.74, 6) is -2.02. The van der Waals surface area contributed by atoms with Gasteiger partial charge in [0.1, 0.15) is 5.75 Å². The van der Waals surface area contributed by atoms with E-state index in [0.29, 0.717) is 10.0 Å². The molecule has 2 rings (SSSR count). The summed E-state index contributed by atoms with van der Waals surface area (Å²) in [5, 5.41) is 9.60. The highest BCUT2D eigenvalue weighted by Gasteiger charge is 2.15. The number of halogens is 3. The van der Waals surface area contributed by atoms with Gasteiger partial charge in [0.15, 0.2) is 11.6 Å². The minimum Gasteiger partial charge on any atom is -0.454 e. The minimum atomic E-state index is -1.07. The van der Waals surface area contributed by atoms with Gasteiger partial charge in [-0.05, 0) is 25.1 Å². The lowest BCUT2D eigenvalue weighted by Crippen LogP contribution is -1.98. The monoisotopic (exact) mass is 328 g/mol. The summed E-state index contributed by atoms with van der Waals surface area (Å²) in [4.78, 5) is 0. The molecule has 0 aromatic heterocycles. The van der Waals surface area contributed by atoms with Gasteiger partial charge < -0.3 is 9.84 Å². The lowest BCUT2D eigenvalue weighted by atomic mass is 10.1. The first kappa shape index (κ1) is 14.0. The summed E-state index contributed by atoms with van der Waals surface area (Å²) in [6.07, 6.45) is -0.767. The summed E-state index contributed by atoms with van der Waals surface area (Å²) < 4.78 is 32.6. The molecular formula is C14H11BrF2O2. The van der Waals surface area contributed by atoms with Crippen molar-refractivity contribution in [3.05, 3.63) is 58.1 Å². The van der Waals surface area contributed by atoms with Crippen molar-refractivity contribution >= 4 is 15.9 Å². The molecule has 5 heteroatoms. The molecule has 100 valence electrons. The first-order chi connectivity index (χ1) is 8.99. The number of rotatable bonds is 3. The Labute approximate surface area is 117 Å². The fourth-order valence-corrected chi connectivity index (χ4v) is 2.05. The van der Waals surface area contributed by atoms with Crippen LogP contribution in [0.1, 0.15) is 18.6 Å². The van der Waals surface area contributed by atoms with Crippen LogP contribution in [0.2, 0.25) is 0 Å². The Morgan fingerprint density at radius 2 is 1.84 bits per heavy atom.